The van der Waals surface area contributed by atoms with E-state index in [0.717, 1.165) is 25.2 Å². The molecule has 158 valence electrons. The molecule has 2 aromatic carbocycles. The molecule has 1 aliphatic heterocycles. The van der Waals surface area contributed by atoms with Crippen LogP contribution in [-0.2, 0) is 19.1 Å². The average molecular weight is 421 g/mol. The highest BCUT2D eigenvalue weighted by molar-refractivity contribution is 6.06. The van der Waals surface area contributed by atoms with Crippen molar-refractivity contribution >= 4 is 17.6 Å². The lowest BCUT2D eigenvalue weighted by atomic mass is 9.81. The fraction of sp³-hybridized carbons (Fsp3) is 0.136. The number of hydrogen-bond acceptors (Lipinski definition) is 9. The third-order valence-electron chi connectivity index (χ3n) is 4.81. The molecule has 2 aromatic rings. The maximum atomic E-state index is 12.9. The summed E-state index contributed by atoms with van der Waals surface area (Å²) in [5.41, 5.74) is 6.25. The molecular weight excluding hydrogens is 402 g/mol. The third-order valence-corrected chi connectivity index (χ3v) is 4.81. The molecule has 9 heteroatoms. The topological polar surface area (TPSA) is 146 Å². The number of carbonyl (C=O) groups excluding carboxylic acids is 2. The Hall–Kier alpha value is -4.45. The molecule has 9 nitrogen and oxygen atoms in total. The lowest BCUT2D eigenvalue weighted by Crippen LogP contribution is -2.40. The normalized spacial score (nSPS) is 16.0. The van der Waals surface area contributed by atoms with Crippen molar-refractivity contribution in [2.75, 3.05) is 19.1 Å². The molecule has 0 saturated carbocycles. The maximum Gasteiger partial charge on any atom is 0.355 e. The molecule has 0 fully saturated rings. The van der Waals surface area contributed by atoms with E-state index in [2.05, 4.69) is 0 Å². The number of nitrogens with zero attached hydrogens (tertiary/aromatic N) is 2. The molecule has 0 amide bonds. The number of phenols is 2. The van der Waals surface area contributed by atoms with E-state index in [1.807, 2.05) is 6.07 Å². The molecule has 31 heavy (non-hydrogen) atoms. The van der Waals surface area contributed by atoms with E-state index in [0.29, 0.717) is 5.56 Å². The van der Waals surface area contributed by atoms with Crippen molar-refractivity contribution in [3.05, 3.63) is 76.8 Å². The Morgan fingerprint density at radius 3 is 2.26 bits per heavy atom. The van der Waals surface area contributed by atoms with Crippen molar-refractivity contribution in [2.45, 2.75) is 5.92 Å². The van der Waals surface area contributed by atoms with Gasteiger partial charge in [-0.05, 0) is 17.7 Å². The number of phenolic OH excluding ortho intramolecular Hbond substituents is 2. The molecule has 4 N–H and O–H groups in total. The standard InChI is InChI=1S/C22H19N3O6/c1-30-21(28)18-17(12-6-4-3-5-7-12)14(11-23)20(24)25(19(18)22(29)31-2)15-9-8-13(26)10-16(15)27/h3-10,17,26-27H,24H2,1-2H3. The molecule has 1 unspecified atom stereocenters. The minimum absolute atomic E-state index is 0.0354. The molecule has 0 aromatic heterocycles. The fourth-order valence-corrected chi connectivity index (χ4v) is 3.46. The SMILES string of the molecule is COC(=O)C1=C(C(=O)OC)N(c2ccc(O)cc2O)C(N)=C(C#N)C1c1ccccc1. The van der Waals surface area contributed by atoms with Gasteiger partial charge in [0.15, 0.2) is 0 Å². The summed E-state index contributed by atoms with van der Waals surface area (Å²) in [6, 6.07) is 14.1. The Morgan fingerprint density at radius 1 is 1.06 bits per heavy atom. The minimum atomic E-state index is -1.01. The fourth-order valence-electron chi connectivity index (χ4n) is 3.46. The van der Waals surface area contributed by atoms with Gasteiger partial charge in [-0.15, -0.1) is 0 Å². The minimum Gasteiger partial charge on any atom is -0.508 e. The molecule has 3 rings (SSSR count). The van der Waals surface area contributed by atoms with Gasteiger partial charge in [-0.1, -0.05) is 30.3 Å². The van der Waals surface area contributed by atoms with Crippen molar-refractivity contribution in [1.29, 1.82) is 5.26 Å². The van der Waals surface area contributed by atoms with E-state index in [1.165, 1.54) is 12.1 Å². The predicted octanol–water partition coefficient (Wildman–Crippen LogP) is 2.00. The Kier molecular flexibility index (Phi) is 5.83. The number of aromatic hydroxyl groups is 2. The van der Waals surface area contributed by atoms with Crippen molar-refractivity contribution < 1.29 is 29.3 Å². The summed E-state index contributed by atoms with van der Waals surface area (Å²) in [7, 11) is 2.26. The van der Waals surface area contributed by atoms with Crippen molar-refractivity contribution in [3.63, 3.8) is 0 Å². The molecule has 1 aliphatic rings. The van der Waals surface area contributed by atoms with Crippen LogP contribution in [0.2, 0.25) is 0 Å². The third kappa shape index (κ3) is 3.62. The van der Waals surface area contributed by atoms with Crippen LogP contribution in [0.1, 0.15) is 11.5 Å². The number of esters is 2. The number of rotatable bonds is 4. The van der Waals surface area contributed by atoms with E-state index < -0.39 is 23.6 Å². The molecular formula is C22H19N3O6. The van der Waals surface area contributed by atoms with Gasteiger partial charge in [-0.25, -0.2) is 9.59 Å². The summed E-state index contributed by atoms with van der Waals surface area (Å²) in [4.78, 5) is 26.8. The highest BCUT2D eigenvalue weighted by Gasteiger charge is 2.43. The average Bonchev–Trinajstić information content (AvgIpc) is 2.78. The van der Waals surface area contributed by atoms with Gasteiger partial charge in [-0.2, -0.15) is 5.26 Å². The number of methoxy groups -OCH3 is 2. The van der Waals surface area contributed by atoms with Crippen LogP contribution in [0.15, 0.2) is 71.2 Å². The molecule has 1 atom stereocenters. The van der Waals surface area contributed by atoms with Crippen LogP contribution >= 0.6 is 0 Å². The predicted molar refractivity (Wildman–Crippen MR) is 109 cm³/mol. The summed E-state index contributed by atoms with van der Waals surface area (Å²) in [5.74, 6) is -3.69. The highest BCUT2D eigenvalue weighted by Crippen LogP contribution is 2.45. The largest absolute Gasteiger partial charge is 0.508 e. The maximum absolute atomic E-state index is 12.9. The van der Waals surface area contributed by atoms with E-state index >= 15 is 0 Å². The van der Waals surface area contributed by atoms with Crippen LogP contribution in [-0.4, -0.2) is 36.4 Å². The summed E-state index contributed by atoms with van der Waals surface area (Å²) in [6.07, 6.45) is 0. The Balaban J connectivity index is 2.43. The monoisotopic (exact) mass is 421 g/mol. The zero-order valence-corrected chi connectivity index (χ0v) is 16.7. The van der Waals surface area contributed by atoms with Crippen molar-refractivity contribution in [3.8, 4) is 17.6 Å². The van der Waals surface area contributed by atoms with Crippen LogP contribution in [0.5, 0.6) is 11.5 Å². The Bertz CT molecular complexity index is 1150. The highest BCUT2D eigenvalue weighted by atomic mass is 16.5. The van der Waals surface area contributed by atoms with E-state index in [-0.39, 0.29) is 34.1 Å². The molecule has 0 bridgehead atoms. The first-order valence-corrected chi connectivity index (χ1v) is 9.03. The van der Waals surface area contributed by atoms with Gasteiger partial charge < -0.3 is 25.4 Å². The number of allylic oxidation sites excluding steroid dienone is 1. The first-order chi connectivity index (χ1) is 14.8. The first-order valence-electron chi connectivity index (χ1n) is 9.03. The zero-order chi connectivity index (χ0) is 22.7. The van der Waals surface area contributed by atoms with Gasteiger partial charge in [0.2, 0.25) is 0 Å². The number of nitrogens with two attached hydrogens (primary N) is 1. The van der Waals surface area contributed by atoms with Crippen LogP contribution < -0.4 is 10.6 Å². The second-order valence-corrected chi connectivity index (χ2v) is 6.51. The lowest BCUT2D eigenvalue weighted by Gasteiger charge is -2.36. The van der Waals surface area contributed by atoms with Crippen molar-refractivity contribution in [1.82, 2.24) is 0 Å². The summed E-state index contributed by atoms with van der Waals surface area (Å²) in [5, 5.41) is 30.0. The first kappa shape index (κ1) is 21.3. The van der Waals surface area contributed by atoms with E-state index in [1.54, 1.807) is 30.3 Å². The number of hydrogen-bond donors (Lipinski definition) is 3. The van der Waals surface area contributed by atoms with E-state index in [9.17, 15) is 25.1 Å². The summed E-state index contributed by atoms with van der Waals surface area (Å²) < 4.78 is 9.81. The molecule has 0 aliphatic carbocycles. The molecule has 0 saturated heterocycles. The van der Waals surface area contributed by atoms with Crippen LogP contribution in [0.4, 0.5) is 5.69 Å². The van der Waals surface area contributed by atoms with Gasteiger partial charge in [0.25, 0.3) is 0 Å². The van der Waals surface area contributed by atoms with Gasteiger partial charge in [0, 0.05) is 6.07 Å². The second-order valence-electron chi connectivity index (χ2n) is 6.51. The summed E-state index contributed by atoms with van der Waals surface area (Å²) >= 11 is 0. The quantitative estimate of drug-likeness (QED) is 0.631. The zero-order valence-electron chi connectivity index (χ0n) is 16.7. The molecule has 1 heterocycles. The van der Waals surface area contributed by atoms with Gasteiger partial charge in [0.05, 0.1) is 43.0 Å². The second kappa shape index (κ2) is 8.51. The summed E-state index contributed by atoms with van der Waals surface area (Å²) in [6.45, 7) is 0. The van der Waals surface area contributed by atoms with E-state index in [4.69, 9.17) is 15.2 Å². The number of nitriles is 1. The Labute approximate surface area is 177 Å². The van der Waals surface area contributed by atoms with Crippen LogP contribution in [0.25, 0.3) is 0 Å². The van der Waals surface area contributed by atoms with Gasteiger partial charge >= 0.3 is 11.9 Å². The number of ether oxygens (including phenoxy) is 2. The smallest absolute Gasteiger partial charge is 0.355 e. The number of anilines is 1. The Morgan fingerprint density at radius 2 is 1.71 bits per heavy atom. The molecule has 0 spiro atoms. The number of carbonyl (C=O) groups is 2. The number of benzene rings is 2. The lowest BCUT2D eigenvalue weighted by molar-refractivity contribution is -0.139. The molecule has 0 radical (unpaired) electrons. The van der Waals surface area contributed by atoms with Crippen LogP contribution in [0, 0.1) is 11.3 Å². The van der Waals surface area contributed by atoms with Crippen molar-refractivity contribution in [2.24, 2.45) is 5.73 Å². The van der Waals surface area contributed by atoms with Crippen LogP contribution in [0.3, 0.4) is 0 Å². The van der Waals surface area contributed by atoms with Gasteiger partial charge in [0.1, 0.15) is 23.0 Å². The van der Waals surface area contributed by atoms with Gasteiger partial charge in [-0.3, -0.25) is 4.90 Å².